The van der Waals surface area contributed by atoms with Crippen molar-refractivity contribution < 1.29 is 9.66 Å². The molecule has 2 aromatic carbocycles. The zero-order chi connectivity index (χ0) is 16.1. The minimum absolute atomic E-state index is 0.0848. The van der Waals surface area contributed by atoms with Gasteiger partial charge >= 0.3 is 0 Å². The van der Waals surface area contributed by atoms with Crippen LogP contribution in [0, 0.1) is 28.9 Å². The molecule has 5 heteroatoms. The molecule has 0 N–H and O–H groups in total. The normalized spacial score (nSPS) is 12.9. The molecule has 0 amide bonds. The molecule has 2 aromatic rings. The maximum absolute atomic E-state index is 10.7. The number of hydrogen-bond acceptors (Lipinski definition) is 4. The van der Waals surface area contributed by atoms with Gasteiger partial charge in [0.25, 0.3) is 5.69 Å². The zero-order valence-corrected chi connectivity index (χ0v) is 12.2. The Morgan fingerprint density at radius 2 is 1.95 bits per heavy atom. The van der Waals surface area contributed by atoms with E-state index in [-0.39, 0.29) is 5.69 Å². The number of nitriles is 1. The number of non-ortho nitro benzene ring substituents is 1. The second-order valence-electron chi connectivity index (χ2n) is 5.16. The topological polar surface area (TPSA) is 76.2 Å². The van der Waals surface area contributed by atoms with E-state index < -0.39 is 4.92 Å². The summed E-state index contributed by atoms with van der Waals surface area (Å²) in [5.41, 5.74) is 2.15. The Morgan fingerprint density at radius 1 is 1.23 bits per heavy atom. The lowest BCUT2D eigenvalue weighted by Gasteiger charge is -2.09. The maximum Gasteiger partial charge on any atom is 0.269 e. The van der Waals surface area contributed by atoms with E-state index in [0.717, 1.165) is 11.3 Å². The average molecular weight is 296 g/mol. The van der Waals surface area contributed by atoms with E-state index >= 15 is 0 Å². The summed E-state index contributed by atoms with van der Waals surface area (Å²) in [6.45, 7) is 5.31. The van der Waals surface area contributed by atoms with Crippen molar-refractivity contribution >= 4 is 5.69 Å². The highest BCUT2D eigenvalue weighted by Gasteiger charge is 2.23. The van der Waals surface area contributed by atoms with Crippen molar-refractivity contribution in [3.05, 3.63) is 63.7 Å². The number of nitro benzene ring substituents is 1. The highest BCUT2D eigenvalue weighted by molar-refractivity contribution is 5.45. The highest BCUT2D eigenvalue weighted by Crippen LogP contribution is 2.41. The second kappa shape index (κ2) is 6.72. The van der Waals surface area contributed by atoms with Crippen LogP contribution >= 0.6 is 0 Å². The summed E-state index contributed by atoms with van der Waals surface area (Å²) in [4.78, 5) is 10.3. The molecule has 0 spiro atoms. The number of nitrogens with zero attached hydrogens (tertiary/aromatic N) is 2. The van der Waals surface area contributed by atoms with E-state index in [4.69, 9.17) is 10.00 Å². The summed E-state index contributed by atoms with van der Waals surface area (Å²) in [6, 6.07) is 12.7. The predicted molar refractivity (Wildman–Crippen MR) is 83.0 cm³/mol. The van der Waals surface area contributed by atoms with Gasteiger partial charge in [0.15, 0.2) is 0 Å². The molecule has 0 bridgehead atoms. The molecule has 5 nitrogen and oxygen atoms in total. The molecule has 0 heterocycles. The van der Waals surface area contributed by atoms with Crippen molar-refractivity contribution in [3.8, 4) is 18.1 Å². The van der Waals surface area contributed by atoms with E-state index in [1.54, 1.807) is 6.07 Å². The van der Waals surface area contributed by atoms with Crippen LogP contribution in [0.5, 0.6) is 11.5 Å². The van der Waals surface area contributed by atoms with Crippen LogP contribution < -0.4 is 4.74 Å². The molecule has 0 saturated heterocycles. The molecule has 0 aromatic heterocycles. The number of aryl methyl sites for hydroxylation is 1. The van der Waals surface area contributed by atoms with E-state index in [1.165, 1.54) is 30.5 Å². The Balaban J connectivity index is 0.000000847. The molecule has 1 fully saturated rings. The molecule has 1 aliphatic rings. The minimum atomic E-state index is -0.398. The fraction of sp³-hybridized carbons (Fsp3) is 0.235. The van der Waals surface area contributed by atoms with Crippen LogP contribution in [-0.4, -0.2) is 4.92 Å². The van der Waals surface area contributed by atoms with E-state index in [2.05, 4.69) is 18.7 Å². The van der Waals surface area contributed by atoms with Gasteiger partial charge < -0.3 is 4.74 Å². The number of benzene rings is 2. The third-order valence-electron chi connectivity index (χ3n) is 3.50. The van der Waals surface area contributed by atoms with Crippen LogP contribution in [0.1, 0.15) is 29.9 Å². The van der Waals surface area contributed by atoms with Gasteiger partial charge in [-0.15, -0.1) is 0 Å². The number of nitro groups is 1. The zero-order valence-electron chi connectivity index (χ0n) is 12.2. The Morgan fingerprint density at radius 3 is 2.55 bits per heavy atom. The third kappa shape index (κ3) is 3.61. The summed E-state index contributed by atoms with van der Waals surface area (Å²) >= 11 is 0. The van der Waals surface area contributed by atoms with Crippen molar-refractivity contribution in [2.45, 2.75) is 25.7 Å². The van der Waals surface area contributed by atoms with Crippen LogP contribution in [0.15, 0.2) is 42.5 Å². The molecule has 1 saturated carbocycles. The molecule has 0 atom stereocenters. The molecule has 1 aliphatic carbocycles. The van der Waals surface area contributed by atoms with Gasteiger partial charge in [-0.3, -0.25) is 10.1 Å². The van der Waals surface area contributed by atoms with Crippen LogP contribution in [-0.2, 0) is 0 Å². The molecule has 3 rings (SSSR count). The smallest absolute Gasteiger partial charge is 0.269 e. The van der Waals surface area contributed by atoms with Gasteiger partial charge in [-0.1, -0.05) is 12.1 Å². The van der Waals surface area contributed by atoms with Crippen molar-refractivity contribution in [2.24, 2.45) is 0 Å². The predicted octanol–water partition coefficient (Wildman–Crippen LogP) is 4.71. The maximum atomic E-state index is 10.7. The summed E-state index contributed by atoms with van der Waals surface area (Å²) in [5.74, 6) is 2.12. The number of ether oxygens (including phenoxy) is 1. The average Bonchev–Trinajstić information content (AvgIpc) is 3.36. The molecular weight excluding hydrogens is 280 g/mol. The van der Waals surface area contributed by atoms with Gasteiger partial charge in [-0.2, -0.15) is 0 Å². The Kier molecular flexibility index (Phi) is 4.74. The fourth-order valence-corrected chi connectivity index (χ4v) is 2.24. The summed E-state index contributed by atoms with van der Waals surface area (Å²) in [7, 11) is 0. The van der Waals surface area contributed by atoms with Crippen LogP contribution in [0.3, 0.4) is 0 Å². The molecule has 22 heavy (non-hydrogen) atoms. The first-order chi connectivity index (χ1) is 10.6. The SMILES string of the molecule is C#N.Cc1cc([N+](=O)[O-])ccc1Oc1cccc(C2CC2)c1. The lowest BCUT2D eigenvalue weighted by molar-refractivity contribution is -0.384. The number of rotatable bonds is 4. The molecule has 0 radical (unpaired) electrons. The van der Waals surface area contributed by atoms with E-state index in [9.17, 15) is 10.1 Å². The Hall–Kier alpha value is -2.87. The minimum Gasteiger partial charge on any atom is -0.457 e. The van der Waals surface area contributed by atoms with Crippen molar-refractivity contribution in [1.82, 2.24) is 0 Å². The first-order valence-corrected chi connectivity index (χ1v) is 6.92. The van der Waals surface area contributed by atoms with Crippen LogP contribution in [0.2, 0.25) is 0 Å². The molecular formula is C17H16N2O3. The largest absolute Gasteiger partial charge is 0.457 e. The summed E-state index contributed by atoms with van der Waals surface area (Å²) in [6.07, 6.45) is 2.50. The van der Waals surface area contributed by atoms with E-state index in [1.807, 2.05) is 19.1 Å². The molecule has 0 unspecified atom stereocenters. The lowest BCUT2D eigenvalue weighted by Crippen LogP contribution is -1.92. The molecule has 112 valence electrons. The summed E-state index contributed by atoms with van der Waals surface area (Å²) < 4.78 is 5.84. The van der Waals surface area contributed by atoms with Crippen LogP contribution in [0.4, 0.5) is 5.69 Å². The van der Waals surface area contributed by atoms with Gasteiger partial charge in [-0.05, 0) is 55.0 Å². The Bertz CT molecular complexity index is 706. The second-order valence-corrected chi connectivity index (χ2v) is 5.16. The van der Waals surface area contributed by atoms with Crippen molar-refractivity contribution in [3.63, 3.8) is 0 Å². The van der Waals surface area contributed by atoms with Crippen molar-refractivity contribution in [2.75, 3.05) is 0 Å². The highest BCUT2D eigenvalue weighted by atomic mass is 16.6. The number of hydrogen-bond donors (Lipinski definition) is 0. The van der Waals surface area contributed by atoms with Gasteiger partial charge in [-0.25, -0.2) is 5.26 Å². The summed E-state index contributed by atoms with van der Waals surface area (Å²) in [5, 5.41) is 17.2. The fourth-order valence-electron chi connectivity index (χ4n) is 2.24. The van der Waals surface area contributed by atoms with E-state index in [0.29, 0.717) is 11.7 Å². The third-order valence-corrected chi connectivity index (χ3v) is 3.50. The lowest BCUT2D eigenvalue weighted by atomic mass is 10.1. The quantitative estimate of drug-likeness (QED) is 0.604. The van der Waals surface area contributed by atoms with Gasteiger partial charge in [0.1, 0.15) is 11.5 Å². The van der Waals surface area contributed by atoms with Gasteiger partial charge in [0.05, 0.1) is 4.92 Å². The molecule has 0 aliphatic heterocycles. The Labute approximate surface area is 128 Å². The van der Waals surface area contributed by atoms with Gasteiger partial charge in [0, 0.05) is 18.7 Å². The van der Waals surface area contributed by atoms with Crippen LogP contribution in [0.25, 0.3) is 0 Å². The first-order valence-electron chi connectivity index (χ1n) is 6.92. The first kappa shape index (κ1) is 15.5. The standard InChI is InChI=1S/C16H15NO3.CHN/c1-11-9-14(17(18)19)7-8-16(11)20-15-4-2-3-13(10-15)12-5-6-12;1-2/h2-4,7-10,12H,5-6H2,1H3;1H. The monoisotopic (exact) mass is 296 g/mol. The van der Waals surface area contributed by atoms with Crippen molar-refractivity contribution in [1.29, 1.82) is 5.26 Å². The van der Waals surface area contributed by atoms with Gasteiger partial charge in [0.2, 0.25) is 0 Å².